The molecule has 1 fully saturated rings. The molecule has 0 unspecified atom stereocenters. The second-order valence-corrected chi connectivity index (χ2v) is 8.26. The minimum Gasteiger partial charge on any atom is -0.493 e. The van der Waals surface area contributed by atoms with Gasteiger partial charge in [-0.25, -0.2) is 0 Å². The van der Waals surface area contributed by atoms with Gasteiger partial charge >= 0.3 is 5.97 Å². The van der Waals surface area contributed by atoms with Crippen molar-refractivity contribution in [3.8, 4) is 17.2 Å². The SMILES string of the molecule is COc1ccc(CCN2C[C@@H](C(=O)OCC(=O)c3ccc4c(c3)NC(=O)CO4)CC2=O)cc1OC. The minimum atomic E-state index is -0.628. The van der Waals surface area contributed by atoms with Gasteiger partial charge in [0.05, 0.1) is 25.8 Å². The number of likely N-dealkylation sites (tertiary alicyclic amines) is 1. The summed E-state index contributed by atoms with van der Waals surface area (Å²) in [4.78, 5) is 50.5. The van der Waals surface area contributed by atoms with Crippen molar-refractivity contribution in [2.75, 3.05) is 45.8 Å². The highest BCUT2D eigenvalue weighted by Gasteiger charge is 2.35. The monoisotopic (exact) mass is 482 g/mol. The lowest BCUT2D eigenvalue weighted by molar-refractivity contribution is -0.147. The van der Waals surface area contributed by atoms with Gasteiger partial charge in [0.1, 0.15) is 5.75 Å². The van der Waals surface area contributed by atoms with Gasteiger partial charge in [0, 0.05) is 25.1 Å². The van der Waals surface area contributed by atoms with Gasteiger partial charge in [-0.05, 0) is 42.3 Å². The van der Waals surface area contributed by atoms with Gasteiger partial charge in [-0.2, -0.15) is 0 Å². The number of carbonyl (C=O) groups is 4. The maximum Gasteiger partial charge on any atom is 0.311 e. The molecule has 1 atom stereocenters. The van der Waals surface area contributed by atoms with Crippen molar-refractivity contribution in [2.24, 2.45) is 5.92 Å². The molecule has 4 rings (SSSR count). The number of carbonyl (C=O) groups excluding carboxylic acids is 4. The quantitative estimate of drug-likeness (QED) is 0.425. The fraction of sp³-hybridized carbons (Fsp3) is 0.360. The Bertz CT molecular complexity index is 1160. The number of hydrogen-bond donors (Lipinski definition) is 1. The Labute approximate surface area is 202 Å². The molecule has 2 aromatic rings. The van der Waals surface area contributed by atoms with Crippen molar-refractivity contribution in [1.29, 1.82) is 0 Å². The number of rotatable bonds is 9. The number of ether oxygens (including phenoxy) is 4. The highest BCUT2D eigenvalue weighted by molar-refractivity contribution is 6.02. The van der Waals surface area contributed by atoms with Crippen molar-refractivity contribution in [2.45, 2.75) is 12.8 Å². The Hall–Kier alpha value is -4.08. The third kappa shape index (κ3) is 5.53. The van der Waals surface area contributed by atoms with Gasteiger partial charge in [0.2, 0.25) is 5.91 Å². The van der Waals surface area contributed by atoms with Crippen LogP contribution >= 0.6 is 0 Å². The van der Waals surface area contributed by atoms with E-state index in [4.69, 9.17) is 18.9 Å². The first-order valence-electron chi connectivity index (χ1n) is 11.1. The second kappa shape index (κ2) is 10.5. The average Bonchev–Trinajstić information content (AvgIpc) is 3.25. The van der Waals surface area contributed by atoms with E-state index in [0.29, 0.717) is 35.9 Å². The van der Waals surface area contributed by atoms with Crippen molar-refractivity contribution in [3.63, 3.8) is 0 Å². The number of esters is 1. The molecule has 2 amide bonds. The molecule has 0 bridgehead atoms. The maximum absolute atomic E-state index is 12.5. The normalized spacial score (nSPS) is 16.7. The number of methoxy groups -OCH3 is 2. The molecule has 184 valence electrons. The topological polar surface area (TPSA) is 120 Å². The van der Waals surface area contributed by atoms with Crippen molar-refractivity contribution in [3.05, 3.63) is 47.5 Å². The van der Waals surface area contributed by atoms with Crippen molar-refractivity contribution in [1.82, 2.24) is 4.90 Å². The van der Waals surface area contributed by atoms with Gasteiger partial charge < -0.3 is 29.2 Å². The van der Waals surface area contributed by atoms with Crippen LogP contribution < -0.4 is 19.5 Å². The van der Waals surface area contributed by atoms with E-state index in [0.717, 1.165) is 5.56 Å². The summed E-state index contributed by atoms with van der Waals surface area (Å²) in [6, 6.07) is 10.2. The summed E-state index contributed by atoms with van der Waals surface area (Å²) >= 11 is 0. The summed E-state index contributed by atoms with van der Waals surface area (Å²) in [6.45, 7) is 0.146. The van der Waals surface area contributed by atoms with Crippen molar-refractivity contribution < 1.29 is 38.1 Å². The third-order valence-electron chi connectivity index (χ3n) is 5.95. The Kier molecular flexibility index (Phi) is 7.19. The fourth-order valence-electron chi connectivity index (χ4n) is 4.04. The van der Waals surface area contributed by atoms with Gasteiger partial charge in [0.25, 0.3) is 5.91 Å². The molecule has 0 saturated carbocycles. The lowest BCUT2D eigenvalue weighted by atomic mass is 10.1. The van der Waals surface area contributed by atoms with Crippen molar-refractivity contribution >= 4 is 29.3 Å². The Morgan fingerprint density at radius 1 is 1.09 bits per heavy atom. The van der Waals surface area contributed by atoms with Crippen LogP contribution in [0.3, 0.4) is 0 Å². The van der Waals surface area contributed by atoms with E-state index in [9.17, 15) is 19.2 Å². The number of benzene rings is 2. The Balaban J connectivity index is 1.28. The summed E-state index contributed by atoms with van der Waals surface area (Å²) < 4.78 is 21.0. The number of ketones is 1. The zero-order chi connectivity index (χ0) is 24.9. The number of Topliss-reactive ketones (excluding diaryl/α,β-unsaturated/α-hetero) is 1. The first kappa shape index (κ1) is 24.1. The smallest absolute Gasteiger partial charge is 0.311 e. The highest BCUT2D eigenvalue weighted by Crippen LogP contribution is 2.29. The van der Waals surface area contributed by atoms with E-state index in [1.165, 1.54) is 6.07 Å². The van der Waals surface area contributed by atoms with Crippen LogP contribution in [0.15, 0.2) is 36.4 Å². The molecule has 35 heavy (non-hydrogen) atoms. The predicted molar refractivity (Wildman–Crippen MR) is 124 cm³/mol. The van der Waals surface area contributed by atoms with Crippen LogP contribution in [0, 0.1) is 5.92 Å². The Morgan fingerprint density at radius 3 is 2.66 bits per heavy atom. The summed E-state index contributed by atoms with van der Waals surface area (Å²) in [5.41, 5.74) is 1.64. The average molecular weight is 482 g/mol. The first-order chi connectivity index (χ1) is 16.9. The molecule has 10 nitrogen and oxygen atoms in total. The lowest BCUT2D eigenvalue weighted by Gasteiger charge is -2.18. The standard InChI is InChI=1S/C25H26N2O8/c1-32-21-5-3-15(9-22(21)33-2)7-8-27-12-17(11-24(27)30)25(31)35-13-19(28)16-4-6-20-18(10-16)26-23(29)14-34-20/h3-6,9-10,17H,7-8,11-14H2,1-2H3,(H,26,29)/t17-/m0/s1. The second-order valence-electron chi connectivity index (χ2n) is 8.26. The molecule has 2 aliphatic heterocycles. The number of anilines is 1. The summed E-state index contributed by atoms with van der Waals surface area (Å²) in [5, 5.41) is 2.63. The molecule has 1 saturated heterocycles. The molecular weight excluding hydrogens is 456 g/mol. The zero-order valence-electron chi connectivity index (χ0n) is 19.5. The Morgan fingerprint density at radius 2 is 1.89 bits per heavy atom. The number of nitrogens with zero attached hydrogens (tertiary/aromatic N) is 1. The van der Waals surface area contributed by atoms with E-state index >= 15 is 0 Å². The summed E-state index contributed by atoms with van der Waals surface area (Å²) in [7, 11) is 3.12. The van der Waals surface area contributed by atoms with Gasteiger partial charge in [0.15, 0.2) is 30.5 Å². The van der Waals surface area contributed by atoms with Gasteiger partial charge in [-0.3, -0.25) is 19.2 Å². The number of hydrogen-bond acceptors (Lipinski definition) is 8. The summed E-state index contributed by atoms with van der Waals surface area (Å²) in [5.74, 6) is -0.380. The molecule has 2 aliphatic rings. The molecule has 0 radical (unpaired) electrons. The first-order valence-corrected chi connectivity index (χ1v) is 11.1. The molecule has 0 aliphatic carbocycles. The van der Waals surface area contributed by atoms with E-state index < -0.39 is 24.3 Å². The molecule has 0 spiro atoms. The van der Waals surface area contributed by atoms with Crippen LogP contribution in [-0.2, 0) is 25.5 Å². The minimum absolute atomic E-state index is 0.0428. The summed E-state index contributed by atoms with van der Waals surface area (Å²) in [6.07, 6.45) is 0.631. The van der Waals surface area contributed by atoms with E-state index in [1.807, 2.05) is 12.1 Å². The predicted octanol–water partition coefficient (Wildman–Crippen LogP) is 1.85. The van der Waals surface area contributed by atoms with Gasteiger partial charge in [-0.1, -0.05) is 6.07 Å². The van der Waals surface area contributed by atoms with Crippen LogP contribution in [0.5, 0.6) is 17.2 Å². The van der Waals surface area contributed by atoms with Crippen LogP contribution in [0.4, 0.5) is 5.69 Å². The van der Waals surface area contributed by atoms with E-state index in [-0.39, 0.29) is 37.0 Å². The fourth-order valence-corrected chi connectivity index (χ4v) is 4.04. The molecule has 1 N–H and O–H groups in total. The molecular formula is C25H26N2O8. The van der Waals surface area contributed by atoms with E-state index in [2.05, 4.69) is 5.32 Å². The molecule has 0 aromatic heterocycles. The highest BCUT2D eigenvalue weighted by atomic mass is 16.5. The molecule has 2 aromatic carbocycles. The molecule has 10 heteroatoms. The van der Waals surface area contributed by atoms with Crippen LogP contribution in [-0.4, -0.2) is 69.0 Å². The van der Waals surface area contributed by atoms with Crippen LogP contribution in [0.1, 0.15) is 22.3 Å². The number of amides is 2. The van der Waals surface area contributed by atoms with Crippen LogP contribution in [0.25, 0.3) is 0 Å². The van der Waals surface area contributed by atoms with Gasteiger partial charge in [-0.15, -0.1) is 0 Å². The number of fused-ring (bicyclic) bond motifs is 1. The number of nitrogens with one attached hydrogen (secondary N) is 1. The largest absolute Gasteiger partial charge is 0.493 e. The van der Waals surface area contributed by atoms with E-state index in [1.54, 1.807) is 37.3 Å². The molecule has 2 heterocycles. The van der Waals surface area contributed by atoms with Crippen LogP contribution in [0.2, 0.25) is 0 Å². The third-order valence-corrected chi connectivity index (χ3v) is 5.95. The lowest BCUT2D eigenvalue weighted by Crippen LogP contribution is -2.29. The maximum atomic E-state index is 12.5. The zero-order valence-corrected chi connectivity index (χ0v) is 19.5.